The van der Waals surface area contributed by atoms with Crippen molar-refractivity contribution in [3.8, 4) is 11.5 Å². The smallest absolute Gasteiger partial charge is 0.252 e. The molecule has 6 heteroatoms. The lowest BCUT2D eigenvalue weighted by Crippen LogP contribution is -2.27. The fourth-order valence-corrected chi connectivity index (χ4v) is 3.79. The number of nitrogens with zero attached hydrogens (tertiary/aromatic N) is 1. The number of nitrogens with one attached hydrogen (secondary N) is 2. The van der Waals surface area contributed by atoms with Crippen LogP contribution in [0.5, 0.6) is 11.5 Å². The number of aromatic nitrogens is 1. The molecule has 0 saturated heterocycles. The molecule has 4 rings (SSSR count). The summed E-state index contributed by atoms with van der Waals surface area (Å²) in [5.74, 6) is 2.06. The topological polar surface area (TPSA) is 72.5 Å². The van der Waals surface area contributed by atoms with Gasteiger partial charge in [0.1, 0.15) is 17.3 Å². The fourth-order valence-electron chi connectivity index (χ4n) is 3.79. The Morgan fingerprint density at radius 1 is 0.971 bits per heavy atom. The van der Waals surface area contributed by atoms with Crippen molar-refractivity contribution in [3.05, 3.63) is 90.0 Å². The van der Waals surface area contributed by atoms with Gasteiger partial charge in [-0.1, -0.05) is 43.7 Å². The number of ether oxygens (including phenoxy) is 2. The summed E-state index contributed by atoms with van der Waals surface area (Å²) >= 11 is 0. The Morgan fingerprint density at radius 3 is 2.40 bits per heavy atom. The lowest BCUT2D eigenvalue weighted by molar-refractivity contribution is 0.0941. The van der Waals surface area contributed by atoms with Crippen LogP contribution in [-0.4, -0.2) is 24.6 Å². The van der Waals surface area contributed by atoms with Crippen LogP contribution < -0.4 is 20.1 Å². The first-order valence-electron chi connectivity index (χ1n) is 11.9. The Labute approximate surface area is 206 Å². The van der Waals surface area contributed by atoms with Crippen molar-refractivity contribution in [2.24, 2.45) is 0 Å². The van der Waals surface area contributed by atoms with Gasteiger partial charge in [0, 0.05) is 11.1 Å². The average molecular weight is 470 g/mol. The third-order valence-electron chi connectivity index (χ3n) is 5.82. The molecule has 0 bridgehead atoms. The van der Waals surface area contributed by atoms with Crippen molar-refractivity contribution >= 4 is 28.3 Å². The van der Waals surface area contributed by atoms with E-state index >= 15 is 0 Å². The van der Waals surface area contributed by atoms with Crippen LogP contribution in [0.25, 0.3) is 10.9 Å². The van der Waals surface area contributed by atoms with E-state index in [1.807, 2.05) is 79.7 Å². The number of para-hydroxylation sites is 1. The average Bonchev–Trinajstić information content (AvgIpc) is 2.89. The molecule has 1 atom stereocenters. The molecule has 180 valence electrons. The highest BCUT2D eigenvalue weighted by molar-refractivity contribution is 6.07. The van der Waals surface area contributed by atoms with Crippen LogP contribution in [0.3, 0.4) is 0 Å². The standard InChI is InChI=1S/C29H31N3O3/c1-4-5-18-35-24-14-10-21(11-15-24)20(2)30-29(33)26-19-28(32-27-9-7-6-8-25(26)27)31-22-12-16-23(34-3)17-13-22/h6-17,19-20H,4-5,18H2,1-3H3,(H,30,33)(H,31,32)/t20-/m0/s1. The van der Waals surface area contributed by atoms with Gasteiger partial charge in [0.15, 0.2) is 0 Å². The highest BCUT2D eigenvalue weighted by Crippen LogP contribution is 2.25. The molecule has 0 aliphatic carbocycles. The van der Waals surface area contributed by atoms with Crippen molar-refractivity contribution in [3.63, 3.8) is 0 Å². The maximum Gasteiger partial charge on any atom is 0.252 e. The van der Waals surface area contributed by atoms with E-state index in [9.17, 15) is 4.79 Å². The van der Waals surface area contributed by atoms with Gasteiger partial charge in [-0.05, 0) is 67.4 Å². The van der Waals surface area contributed by atoms with Crippen LogP contribution in [0.2, 0.25) is 0 Å². The molecule has 0 radical (unpaired) electrons. The van der Waals surface area contributed by atoms with Gasteiger partial charge in [-0.15, -0.1) is 0 Å². The number of fused-ring (bicyclic) bond motifs is 1. The van der Waals surface area contributed by atoms with Crippen LogP contribution in [0, 0.1) is 0 Å². The van der Waals surface area contributed by atoms with E-state index in [1.165, 1.54) is 0 Å². The zero-order chi connectivity index (χ0) is 24.6. The third kappa shape index (κ3) is 6.09. The van der Waals surface area contributed by atoms with Gasteiger partial charge in [0.2, 0.25) is 0 Å². The lowest BCUT2D eigenvalue weighted by atomic mass is 10.1. The Balaban J connectivity index is 1.53. The van der Waals surface area contributed by atoms with Gasteiger partial charge in [-0.2, -0.15) is 0 Å². The van der Waals surface area contributed by atoms with Crippen molar-refractivity contribution in [2.45, 2.75) is 32.7 Å². The number of anilines is 2. The summed E-state index contributed by atoms with van der Waals surface area (Å²) in [7, 11) is 1.63. The maximum atomic E-state index is 13.4. The van der Waals surface area contributed by atoms with Crippen LogP contribution >= 0.6 is 0 Å². The van der Waals surface area contributed by atoms with Gasteiger partial charge < -0.3 is 20.1 Å². The van der Waals surface area contributed by atoms with E-state index < -0.39 is 0 Å². The third-order valence-corrected chi connectivity index (χ3v) is 5.82. The fraction of sp³-hybridized carbons (Fsp3) is 0.241. The molecule has 0 fully saturated rings. The Bertz CT molecular complexity index is 1270. The molecule has 2 N–H and O–H groups in total. The first-order valence-corrected chi connectivity index (χ1v) is 11.9. The largest absolute Gasteiger partial charge is 0.497 e. The minimum atomic E-state index is -0.169. The minimum Gasteiger partial charge on any atom is -0.497 e. The molecule has 0 spiro atoms. The van der Waals surface area contributed by atoms with E-state index in [-0.39, 0.29) is 11.9 Å². The number of hydrogen-bond donors (Lipinski definition) is 2. The number of methoxy groups -OCH3 is 1. The number of amides is 1. The van der Waals surface area contributed by atoms with Gasteiger partial charge in [-0.3, -0.25) is 4.79 Å². The number of hydrogen-bond acceptors (Lipinski definition) is 5. The molecule has 4 aromatic rings. The number of pyridine rings is 1. The Morgan fingerprint density at radius 2 is 1.69 bits per heavy atom. The molecule has 0 saturated carbocycles. The van der Waals surface area contributed by atoms with Crippen molar-refractivity contribution in [1.82, 2.24) is 10.3 Å². The van der Waals surface area contributed by atoms with Crippen LogP contribution in [0.15, 0.2) is 78.9 Å². The predicted octanol–water partition coefficient (Wildman–Crippen LogP) is 6.66. The zero-order valence-corrected chi connectivity index (χ0v) is 20.4. The molecule has 0 aliphatic heterocycles. The normalized spacial score (nSPS) is 11.6. The number of carbonyl (C=O) groups is 1. The monoisotopic (exact) mass is 469 g/mol. The summed E-state index contributed by atoms with van der Waals surface area (Å²) in [6.07, 6.45) is 2.13. The molecule has 1 amide bonds. The summed E-state index contributed by atoms with van der Waals surface area (Å²) in [6, 6.07) is 24.7. The van der Waals surface area contributed by atoms with E-state index in [0.717, 1.165) is 46.5 Å². The van der Waals surface area contributed by atoms with E-state index in [4.69, 9.17) is 14.5 Å². The van der Waals surface area contributed by atoms with Crippen LogP contribution in [0.1, 0.15) is 48.7 Å². The molecule has 1 aromatic heterocycles. The van der Waals surface area contributed by atoms with Crippen LogP contribution in [0.4, 0.5) is 11.5 Å². The van der Waals surface area contributed by atoms with Crippen molar-refractivity contribution in [2.75, 3.05) is 19.0 Å². The number of carbonyl (C=O) groups excluding carboxylic acids is 1. The lowest BCUT2D eigenvalue weighted by Gasteiger charge is -2.17. The predicted molar refractivity (Wildman–Crippen MR) is 141 cm³/mol. The van der Waals surface area contributed by atoms with Crippen LogP contribution in [-0.2, 0) is 0 Å². The van der Waals surface area contributed by atoms with E-state index in [1.54, 1.807) is 13.2 Å². The highest BCUT2D eigenvalue weighted by Gasteiger charge is 2.16. The highest BCUT2D eigenvalue weighted by atomic mass is 16.5. The Hall–Kier alpha value is -4.06. The molecular formula is C29H31N3O3. The summed E-state index contributed by atoms with van der Waals surface area (Å²) in [4.78, 5) is 18.1. The van der Waals surface area contributed by atoms with Crippen molar-refractivity contribution < 1.29 is 14.3 Å². The quantitative estimate of drug-likeness (QED) is 0.254. The second-order valence-corrected chi connectivity index (χ2v) is 8.39. The zero-order valence-electron chi connectivity index (χ0n) is 20.4. The number of benzene rings is 3. The molecule has 0 aliphatic rings. The summed E-state index contributed by atoms with van der Waals surface area (Å²) in [5, 5.41) is 7.23. The number of unbranched alkanes of at least 4 members (excludes halogenated alkanes) is 1. The molecule has 0 unspecified atom stereocenters. The first-order chi connectivity index (χ1) is 17.1. The van der Waals surface area contributed by atoms with Gasteiger partial charge in [0.25, 0.3) is 5.91 Å². The Kier molecular flexibility index (Phi) is 7.83. The van der Waals surface area contributed by atoms with Gasteiger partial charge >= 0.3 is 0 Å². The van der Waals surface area contributed by atoms with E-state index in [0.29, 0.717) is 18.0 Å². The summed E-state index contributed by atoms with van der Waals surface area (Å²) in [6.45, 7) is 4.83. The molecule has 35 heavy (non-hydrogen) atoms. The van der Waals surface area contributed by atoms with Gasteiger partial charge in [-0.25, -0.2) is 4.98 Å². The molecular weight excluding hydrogens is 438 g/mol. The maximum absolute atomic E-state index is 13.4. The molecule has 1 heterocycles. The minimum absolute atomic E-state index is 0.155. The second-order valence-electron chi connectivity index (χ2n) is 8.39. The SMILES string of the molecule is CCCCOc1ccc([C@H](C)NC(=O)c2cc(Nc3ccc(OC)cc3)nc3ccccc23)cc1. The summed E-state index contributed by atoms with van der Waals surface area (Å²) in [5.41, 5.74) is 3.18. The van der Waals surface area contributed by atoms with E-state index in [2.05, 4.69) is 17.6 Å². The van der Waals surface area contributed by atoms with Crippen molar-refractivity contribution in [1.29, 1.82) is 0 Å². The number of rotatable bonds is 10. The first kappa shape index (κ1) is 24.1. The summed E-state index contributed by atoms with van der Waals surface area (Å²) < 4.78 is 11.0. The molecule has 3 aromatic carbocycles. The molecule has 6 nitrogen and oxygen atoms in total. The second kappa shape index (κ2) is 11.4. The van der Waals surface area contributed by atoms with Gasteiger partial charge in [0.05, 0.1) is 30.8 Å².